The second kappa shape index (κ2) is 6.03. The molecular formula is C17H15ClN4. The van der Waals surface area contributed by atoms with Crippen LogP contribution in [-0.2, 0) is 0 Å². The fourth-order valence-electron chi connectivity index (χ4n) is 2.22. The number of benzene rings is 2. The molecule has 0 aliphatic rings. The second-order valence-electron chi connectivity index (χ2n) is 4.92. The monoisotopic (exact) mass is 310 g/mol. The standard InChI is InChI=1S/C17H15ClN4/c1-12-11-22(17(19)21-12)20-10-14-4-2-3-5-16(14)13-6-8-15(18)9-7-13/h2-11H,1H3,(H2,19,21). The highest BCUT2D eigenvalue weighted by atomic mass is 35.5. The normalized spacial score (nSPS) is 11.2. The van der Waals surface area contributed by atoms with Crippen molar-refractivity contribution in [3.8, 4) is 11.1 Å². The van der Waals surface area contributed by atoms with Gasteiger partial charge in [-0.1, -0.05) is 48.0 Å². The Morgan fingerprint density at radius 2 is 1.86 bits per heavy atom. The third-order valence-corrected chi connectivity index (χ3v) is 3.52. The van der Waals surface area contributed by atoms with E-state index in [-0.39, 0.29) is 0 Å². The van der Waals surface area contributed by atoms with Gasteiger partial charge >= 0.3 is 0 Å². The third-order valence-electron chi connectivity index (χ3n) is 3.27. The van der Waals surface area contributed by atoms with E-state index in [9.17, 15) is 0 Å². The van der Waals surface area contributed by atoms with Gasteiger partial charge in [0, 0.05) is 10.6 Å². The number of nitrogens with two attached hydrogens (primary N) is 1. The number of aryl methyl sites for hydroxylation is 1. The van der Waals surface area contributed by atoms with Gasteiger partial charge in [0.25, 0.3) is 0 Å². The molecule has 2 aromatic carbocycles. The summed E-state index contributed by atoms with van der Waals surface area (Å²) in [7, 11) is 0. The van der Waals surface area contributed by atoms with E-state index in [0.29, 0.717) is 5.95 Å². The number of imidazole rings is 1. The van der Waals surface area contributed by atoms with Crippen LogP contribution >= 0.6 is 11.6 Å². The number of hydrogen-bond acceptors (Lipinski definition) is 3. The smallest absolute Gasteiger partial charge is 0.221 e. The molecule has 0 aliphatic carbocycles. The fraction of sp³-hybridized carbons (Fsp3) is 0.0588. The summed E-state index contributed by atoms with van der Waals surface area (Å²) in [6.45, 7) is 1.88. The minimum atomic E-state index is 0.373. The highest BCUT2D eigenvalue weighted by Gasteiger charge is 2.04. The first-order chi connectivity index (χ1) is 10.6. The van der Waals surface area contributed by atoms with E-state index in [1.54, 1.807) is 17.1 Å². The van der Waals surface area contributed by atoms with Crippen LogP contribution < -0.4 is 5.73 Å². The van der Waals surface area contributed by atoms with Gasteiger partial charge in [-0.3, -0.25) is 0 Å². The summed E-state index contributed by atoms with van der Waals surface area (Å²) in [5.41, 5.74) is 9.79. The van der Waals surface area contributed by atoms with E-state index >= 15 is 0 Å². The predicted molar refractivity (Wildman–Crippen MR) is 91.3 cm³/mol. The Morgan fingerprint density at radius 1 is 1.14 bits per heavy atom. The molecule has 0 amide bonds. The van der Waals surface area contributed by atoms with E-state index in [1.165, 1.54) is 0 Å². The summed E-state index contributed by atoms with van der Waals surface area (Å²) in [6.07, 6.45) is 3.57. The minimum Gasteiger partial charge on any atom is -0.368 e. The number of halogens is 1. The average Bonchev–Trinajstić information content (AvgIpc) is 2.84. The van der Waals surface area contributed by atoms with Gasteiger partial charge in [0.15, 0.2) is 0 Å². The third kappa shape index (κ3) is 3.02. The zero-order valence-electron chi connectivity index (χ0n) is 12.1. The summed E-state index contributed by atoms with van der Waals surface area (Å²) < 4.78 is 1.56. The Labute approximate surface area is 133 Å². The van der Waals surface area contributed by atoms with E-state index < -0.39 is 0 Å². The van der Waals surface area contributed by atoms with E-state index in [2.05, 4.69) is 10.1 Å². The number of anilines is 1. The minimum absolute atomic E-state index is 0.373. The van der Waals surface area contributed by atoms with Gasteiger partial charge in [0.05, 0.1) is 18.1 Å². The molecule has 0 spiro atoms. The molecule has 0 bridgehead atoms. The number of hydrogen-bond donors (Lipinski definition) is 1. The van der Waals surface area contributed by atoms with Crippen molar-refractivity contribution in [3.05, 3.63) is 71.0 Å². The molecule has 1 heterocycles. The number of nitrogen functional groups attached to an aromatic ring is 1. The van der Waals surface area contributed by atoms with Crippen molar-refractivity contribution in [1.29, 1.82) is 0 Å². The maximum atomic E-state index is 5.95. The first kappa shape index (κ1) is 14.4. The van der Waals surface area contributed by atoms with Gasteiger partial charge in [-0.2, -0.15) is 5.10 Å². The van der Waals surface area contributed by atoms with E-state index in [1.807, 2.05) is 55.5 Å². The van der Waals surface area contributed by atoms with Crippen molar-refractivity contribution in [2.24, 2.45) is 5.10 Å². The molecule has 2 N–H and O–H groups in total. The Kier molecular flexibility index (Phi) is 3.94. The second-order valence-corrected chi connectivity index (χ2v) is 5.36. The largest absolute Gasteiger partial charge is 0.368 e. The fourth-order valence-corrected chi connectivity index (χ4v) is 2.35. The van der Waals surface area contributed by atoms with Crippen LogP contribution in [0.1, 0.15) is 11.3 Å². The molecule has 3 aromatic rings. The van der Waals surface area contributed by atoms with E-state index in [0.717, 1.165) is 27.4 Å². The lowest BCUT2D eigenvalue weighted by Gasteiger charge is -2.06. The van der Waals surface area contributed by atoms with Crippen LogP contribution in [0.5, 0.6) is 0 Å². The number of nitrogens with zero attached hydrogens (tertiary/aromatic N) is 3. The van der Waals surface area contributed by atoms with Crippen LogP contribution in [0.4, 0.5) is 5.95 Å². The van der Waals surface area contributed by atoms with Crippen LogP contribution in [0.3, 0.4) is 0 Å². The van der Waals surface area contributed by atoms with Crippen molar-refractivity contribution >= 4 is 23.8 Å². The highest BCUT2D eigenvalue weighted by Crippen LogP contribution is 2.24. The highest BCUT2D eigenvalue weighted by molar-refractivity contribution is 6.30. The maximum absolute atomic E-state index is 5.95. The lowest BCUT2D eigenvalue weighted by atomic mass is 10.0. The molecule has 1 aromatic heterocycles. The van der Waals surface area contributed by atoms with Gasteiger partial charge in [0.1, 0.15) is 0 Å². The molecule has 0 unspecified atom stereocenters. The van der Waals surface area contributed by atoms with Crippen molar-refractivity contribution in [1.82, 2.24) is 9.66 Å². The van der Waals surface area contributed by atoms with Crippen LogP contribution in [0.25, 0.3) is 11.1 Å². The molecule has 0 fully saturated rings. The summed E-state index contributed by atoms with van der Waals surface area (Å²) in [4.78, 5) is 4.13. The Bertz CT molecular complexity index is 819. The van der Waals surface area contributed by atoms with Crippen molar-refractivity contribution in [2.45, 2.75) is 6.92 Å². The predicted octanol–water partition coefficient (Wildman–Crippen LogP) is 3.98. The summed E-state index contributed by atoms with van der Waals surface area (Å²) >= 11 is 5.95. The molecule has 5 heteroatoms. The first-order valence-corrected chi connectivity index (χ1v) is 7.22. The molecule has 3 rings (SSSR count). The molecule has 0 atom stereocenters. The SMILES string of the molecule is Cc1cn(N=Cc2ccccc2-c2ccc(Cl)cc2)c(N)n1. The average molecular weight is 311 g/mol. The van der Waals surface area contributed by atoms with Crippen molar-refractivity contribution in [2.75, 3.05) is 5.73 Å². The van der Waals surface area contributed by atoms with E-state index in [4.69, 9.17) is 17.3 Å². The van der Waals surface area contributed by atoms with Crippen LogP contribution in [0.15, 0.2) is 59.8 Å². The van der Waals surface area contributed by atoms with Gasteiger partial charge in [-0.25, -0.2) is 9.66 Å². The quantitative estimate of drug-likeness (QED) is 0.744. The van der Waals surface area contributed by atoms with Crippen LogP contribution in [0.2, 0.25) is 5.02 Å². The van der Waals surface area contributed by atoms with Crippen LogP contribution in [0, 0.1) is 6.92 Å². The lowest BCUT2D eigenvalue weighted by Crippen LogP contribution is -1.97. The Morgan fingerprint density at radius 3 is 2.55 bits per heavy atom. The van der Waals surface area contributed by atoms with Crippen molar-refractivity contribution in [3.63, 3.8) is 0 Å². The zero-order valence-corrected chi connectivity index (χ0v) is 12.8. The number of aromatic nitrogens is 2. The van der Waals surface area contributed by atoms with Crippen molar-refractivity contribution < 1.29 is 0 Å². The summed E-state index contributed by atoms with van der Waals surface area (Å²) in [5, 5.41) is 5.10. The Hall–Kier alpha value is -2.59. The molecule has 0 aliphatic heterocycles. The number of rotatable bonds is 3. The van der Waals surface area contributed by atoms with Gasteiger partial charge in [0.2, 0.25) is 5.95 Å². The molecule has 22 heavy (non-hydrogen) atoms. The molecule has 0 radical (unpaired) electrons. The molecule has 0 saturated carbocycles. The van der Waals surface area contributed by atoms with Gasteiger partial charge in [-0.15, -0.1) is 0 Å². The Balaban J connectivity index is 1.98. The van der Waals surface area contributed by atoms with Crippen LogP contribution in [-0.4, -0.2) is 15.9 Å². The molecular weight excluding hydrogens is 296 g/mol. The first-order valence-electron chi connectivity index (χ1n) is 6.84. The molecule has 4 nitrogen and oxygen atoms in total. The maximum Gasteiger partial charge on any atom is 0.221 e. The summed E-state index contributed by atoms with van der Waals surface area (Å²) in [6, 6.07) is 15.8. The topological polar surface area (TPSA) is 56.2 Å². The molecule has 0 saturated heterocycles. The lowest BCUT2D eigenvalue weighted by molar-refractivity contribution is 0.897. The summed E-state index contributed by atoms with van der Waals surface area (Å²) in [5.74, 6) is 0.373. The van der Waals surface area contributed by atoms with Gasteiger partial charge in [-0.05, 0) is 30.2 Å². The van der Waals surface area contributed by atoms with Gasteiger partial charge < -0.3 is 5.73 Å². The molecule has 110 valence electrons. The zero-order chi connectivity index (χ0) is 15.5.